The molecule has 2 heterocycles. The minimum Gasteiger partial charge on any atom is -0.494 e. The minimum absolute atomic E-state index is 0.106. The van der Waals surface area contributed by atoms with Crippen molar-refractivity contribution in [3.8, 4) is 28.3 Å². The lowest BCUT2D eigenvalue weighted by Gasteiger charge is -2.08. The van der Waals surface area contributed by atoms with Crippen molar-refractivity contribution in [1.82, 2.24) is 14.8 Å². The number of aromatic nitrogens is 3. The van der Waals surface area contributed by atoms with Crippen LogP contribution in [-0.4, -0.2) is 46.1 Å². The number of thioether (sulfide) groups is 1. The number of hydrogen-bond donors (Lipinski definition) is 1. The summed E-state index contributed by atoms with van der Waals surface area (Å²) in [5.74, 6) is 0.882. The molecule has 2 aromatic carbocycles. The Kier molecular flexibility index (Phi) is 9.19. The van der Waals surface area contributed by atoms with Crippen LogP contribution in [0.3, 0.4) is 0 Å². The van der Waals surface area contributed by atoms with Gasteiger partial charge in [0.05, 0.1) is 19.5 Å². The molecule has 10 heteroatoms. The highest BCUT2D eigenvalue weighted by Gasteiger charge is 2.25. The normalized spacial score (nSPS) is 10.8. The number of carbonyl (C=O) groups excluding carboxylic acids is 2. The van der Waals surface area contributed by atoms with Crippen molar-refractivity contribution < 1.29 is 19.1 Å². The lowest BCUT2D eigenvalue weighted by atomic mass is 10.0. The molecule has 198 valence electrons. The van der Waals surface area contributed by atoms with Gasteiger partial charge in [0.1, 0.15) is 16.3 Å². The highest BCUT2D eigenvalue weighted by molar-refractivity contribution is 7.99. The van der Waals surface area contributed by atoms with E-state index in [9.17, 15) is 9.59 Å². The van der Waals surface area contributed by atoms with Crippen LogP contribution < -0.4 is 10.1 Å². The monoisotopic (exact) mass is 550 g/mol. The van der Waals surface area contributed by atoms with Crippen molar-refractivity contribution >= 4 is 40.0 Å². The quantitative estimate of drug-likeness (QED) is 0.135. The van der Waals surface area contributed by atoms with Crippen molar-refractivity contribution in [2.45, 2.75) is 31.8 Å². The summed E-state index contributed by atoms with van der Waals surface area (Å²) in [6, 6.07) is 17.3. The van der Waals surface area contributed by atoms with Crippen molar-refractivity contribution in [3.63, 3.8) is 0 Å². The van der Waals surface area contributed by atoms with Crippen LogP contribution in [0.1, 0.15) is 35.0 Å². The first kappa shape index (κ1) is 27.4. The summed E-state index contributed by atoms with van der Waals surface area (Å²) in [6.45, 7) is 4.75. The molecule has 0 aliphatic carbocycles. The van der Waals surface area contributed by atoms with Gasteiger partial charge in [-0.25, -0.2) is 4.79 Å². The summed E-state index contributed by atoms with van der Waals surface area (Å²) in [5, 5.41) is 12.6. The number of ether oxygens (including phenoxy) is 2. The Morgan fingerprint density at radius 1 is 1.05 bits per heavy atom. The SMILES string of the molecule is CCCCOc1ccc(-c2nnc(SCC(=O)Nc3sc(C)c(-c4ccccc4)c3C(=O)OC)n2C)cc1. The molecule has 4 rings (SSSR count). The van der Waals surface area contributed by atoms with Gasteiger partial charge in [0.15, 0.2) is 11.0 Å². The molecule has 1 N–H and O–H groups in total. The predicted molar refractivity (Wildman–Crippen MR) is 152 cm³/mol. The Hall–Kier alpha value is -3.63. The molecule has 1 amide bonds. The van der Waals surface area contributed by atoms with Crippen LogP contribution in [0.5, 0.6) is 5.75 Å². The van der Waals surface area contributed by atoms with E-state index in [0.717, 1.165) is 40.2 Å². The summed E-state index contributed by atoms with van der Waals surface area (Å²) in [7, 11) is 3.20. The summed E-state index contributed by atoms with van der Waals surface area (Å²) in [4.78, 5) is 26.5. The molecule has 0 unspecified atom stereocenters. The van der Waals surface area contributed by atoms with Crippen LogP contribution in [0.25, 0.3) is 22.5 Å². The maximum absolute atomic E-state index is 12.9. The molecule has 0 saturated heterocycles. The molecule has 38 heavy (non-hydrogen) atoms. The molecule has 8 nitrogen and oxygen atoms in total. The van der Waals surface area contributed by atoms with Gasteiger partial charge in [-0.3, -0.25) is 4.79 Å². The molecular weight excluding hydrogens is 520 g/mol. The van der Waals surface area contributed by atoms with Gasteiger partial charge >= 0.3 is 5.97 Å². The first-order valence-electron chi connectivity index (χ1n) is 12.2. The lowest BCUT2D eigenvalue weighted by molar-refractivity contribution is -0.113. The summed E-state index contributed by atoms with van der Waals surface area (Å²) in [5.41, 5.74) is 2.93. The second-order valence-corrected chi connectivity index (χ2v) is 10.7. The fourth-order valence-electron chi connectivity index (χ4n) is 3.90. The molecule has 0 aliphatic heterocycles. The lowest BCUT2D eigenvalue weighted by Crippen LogP contribution is -2.16. The minimum atomic E-state index is -0.490. The van der Waals surface area contributed by atoms with Crippen LogP contribution in [0.4, 0.5) is 5.00 Å². The van der Waals surface area contributed by atoms with E-state index in [0.29, 0.717) is 28.2 Å². The maximum atomic E-state index is 12.9. The Balaban J connectivity index is 1.44. The highest BCUT2D eigenvalue weighted by Crippen LogP contribution is 2.40. The van der Waals surface area contributed by atoms with E-state index in [-0.39, 0.29) is 11.7 Å². The third kappa shape index (κ3) is 6.25. The number of hydrogen-bond acceptors (Lipinski definition) is 8. The van der Waals surface area contributed by atoms with Crippen molar-refractivity contribution in [2.24, 2.45) is 7.05 Å². The molecule has 0 radical (unpaired) electrons. The molecule has 4 aromatic rings. The number of nitrogens with one attached hydrogen (secondary N) is 1. The largest absolute Gasteiger partial charge is 0.494 e. The van der Waals surface area contributed by atoms with Gasteiger partial charge in [-0.1, -0.05) is 55.4 Å². The number of anilines is 1. The number of amides is 1. The Morgan fingerprint density at radius 2 is 1.79 bits per heavy atom. The molecule has 2 aromatic heterocycles. The third-order valence-electron chi connectivity index (χ3n) is 5.84. The average Bonchev–Trinajstić information content (AvgIpc) is 3.46. The predicted octanol–water partition coefficient (Wildman–Crippen LogP) is 6.22. The number of nitrogens with zero attached hydrogens (tertiary/aromatic N) is 3. The fourth-order valence-corrected chi connectivity index (χ4v) is 5.69. The average molecular weight is 551 g/mol. The second kappa shape index (κ2) is 12.7. The van der Waals surface area contributed by atoms with Gasteiger partial charge in [-0.15, -0.1) is 21.5 Å². The number of aryl methyl sites for hydroxylation is 1. The second-order valence-electron chi connectivity index (χ2n) is 8.52. The van der Waals surface area contributed by atoms with E-state index in [2.05, 4.69) is 22.4 Å². The van der Waals surface area contributed by atoms with Crippen LogP contribution in [-0.2, 0) is 16.6 Å². The summed E-state index contributed by atoms with van der Waals surface area (Å²) in [6.07, 6.45) is 2.10. The van der Waals surface area contributed by atoms with Crippen molar-refractivity contribution in [2.75, 3.05) is 24.8 Å². The van der Waals surface area contributed by atoms with E-state index >= 15 is 0 Å². The van der Waals surface area contributed by atoms with Crippen molar-refractivity contribution in [3.05, 3.63) is 65.0 Å². The number of methoxy groups -OCH3 is 1. The maximum Gasteiger partial charge on any atom is 0.341 e. The molecular formula is C28H30N4O4S2. The number of benzene rings is 2. The zero-order chi connectivity index (χ0) is 27.1. The van der Waals surface area contributed by atoms with Gasteiger partial charge in [0.2, 0.25) is 5.91 Å². The first-order valence-corrected chi connectivity index (χ1v) is 14.1. The molecule has 0 aliphatic rings. The van der Waals surface area contributed by atoms with Gasteiger partial charge in [0, 0.05) is 23.1 Å². The van der Waals surface area contributed by atoms with E-state index in [1.807, 2.05) is 73.1 Å². The third-order valence-corrected chi connectivity index (χ3v) is 7.88. The Labute approximate surface area is 230 Å². The van der Waals surface area contributed by atoms with E-state index in [1.54, 1.807) is 0 Å². The van der Waals surface area contributed by atoms with Gasteiger partial charge < -0.3 is 19.4 Å². The Morgan fingerprint density at radius 3 is 2.47 bits per heavy atom. The Bertz CT molecular complexity index is 1400. The zero-order valence-electron chi connectivity index (χ0n) is 21.8. The van der Waals surface area contributed by atoms with Gasteiger partial charge in [-0.2, -0.15) is 0 Å². The standard InChI is InChI=1S/C28H30N4O4S2/c1-5-6-16-36-21-14-12-20(13-15-21)25-30-31-28(32(25)3)37-17-22(33)29-26-24(27(34)35-4)23(18(2)38-26)19-10-8-7-9-11-19/h7-15H,5-6,16-17H2,1-4H3,(H,29,33). The van der Waals surface area contributed by atoms with E-state index in [1.165, 1.54) is 30.2 Å². The first-order chi connectivity index (χ1) is 18.4. The fraction of sp³-hybridized carbons (Fsp3) is 0.286. The molecule has 0 atom stereocenters. The number of esters is 1. The van der Waals surface area contributed by atoms with Crippen LogP contribution >= 0.6 is 23.1 Å². The molecule has 0 spiro atoms. The number of thiophene rings is 1. The number of carbonyl (C=O) groups is 2. The molecule has 0 bridgehead atoms. The summed E-state index contributed by atoms with van der Waals surface area (Å²) >= 11 is 2.63. The smallest absolute Gasteiger partial charge is 0.341 e. The van der Waals surface area contributed by atoms with E-state index in [4.69, 9.17) is 9.47 Å². The van der Waals surface area contributed by atoms with E-state index < -0.39 is 5.97 Å². The van der Waals surface area contributed by atoms with Crippen LogP contribution in [0.15, 0.2) is 59.8 Å². The summed E-state index contributed by atoms with van der Waals surface area (Å²) < 4.78 is 12.6. The molecule has 0 fully saturated rings. The molecule has 0 saturated carbocycles. The zero-order valence-corrected chi connectivity index (χ0v) is 23.4. The van der Waals surface area contributed by atoms with Gasteiger partial charge in [-0.05, 0) is 43.2 Å². The topological polar surface area (TPSA) is 95.3 Å². The van der Waals surface area contributed by atoms with Crippen molar-refractivity contribution in [1.29, 1.82) is 0 Å². The van der Waals surface area contributed by atoms with Crippen LogP contribution in [0, 0.1) is 6.92 Å². The highest BCUT2D eigenvalue weighted by atomic mass is 32.2. The van der Waals surface area contributed by atoms with Crippen LogP contribution in [0.2, 0.25) is 0 Å². The van der Waals surface area contributed by atoms with Gasteiger partial charge in [0.25, 0.3) is 0 Å². The number of unbranched alkanes of at least 4 members (excludes halogenated alkanes) is 1. The number of rotatable bonds is 11.